The molecule has 0 bridgehead atoms. The van der Waals surface area contributed by atoms with Crippen LogP contribution in [0.2, 0.25) is 5.02 Å². The molecule has 2 atom stereocenters. The average molecular weight is 338 g/mol. The van der Waals surface area contributed by atoms with Gasteiger partial charge in [-0.15, -0.1) is 0 Å². The Balaban J connectivity index is 1.73. The highest BCUT2D eigenvalue weighted by molar-refractivity contribution is 6.30. The first-order valence-corrected chi connectivity index (χ1v) is 8.20. The van der Waals surface area contributed by atoms with Crippen molar-refractivity contribution in [1.82, 2.24) is 4.90 Å². The number of piperidine rings is 1. The minimum Gasteiger partial charge on any atom is -0.492 e. The number of rotatable bonds is 2. The van der Waals surface area contributed by atoms with E-state index in [2.05, 4.69) is 0 Å². The van der Waals surface area contributed by atoms with Gasteiger partial charge >= 0.3 is 5.97 Å². The van der Waals surface area contributed by atoms with Crippen molar-refractivity contribution in [2.45, 2.75) is 26.2 Å². The molecule has 5 nitrogen and oxygen atoms in total. The summed E-state index contributed by atoms with van der Waals surface area (Å²) in [7, 11) is 0. The Kier molecular flexibility index (Phi) is 4.23. The van der Waals surface area contributed by atoms with Crippen LogP contribution in [-0.4, -0.2) is 41.6 Å². The lowest BCUT2D eigenvalue weighted by molar-refractivity contribution is -0.154. The lowest BCUT2D eigenvalue weighted by atomic mass is 9.81. The topological polar surface area (TPSA) is 66.8 Å². The van der Waals surface area contributed by atoms with Crippen molar-refractivity contribution in [3.05, 3.63) is 28.8 Å². The molecule has 0 spiro atoms. The fourth-order valence-corrected chi connectivity index (χ4v) is 3.58. The van der Waals surface area contributed by atoms with E-state index in [9.17, 15) is 14.7 Å². The van der Waals surface area contributed by atoms with Crippen LogP contribution in [0.5, 0.6) is 5.75 Å². The van der Waals surface area contributed by atoms with Gasteiger partial charge in [0.05, 0.1) is 11.3 Å². The van der Waals surface area contributed by atoms with E-state index < -0.39 is 11.4 Å². The third-order valence-electron chi connectivity index (χ3n) is 4.80. The SMILES string of the molecule is CC1(C(=O)O)CCCN(C(=O)C2COc3ccc(Cl)cc3C2)C1. The van der Waals surface area contributed by atoms with Crippen molar-refractivity contribution < 1.29 is 19.4 Å². The van der Waals surface area contributed by atoms with Crippen LogP contribution in [0.3, 0.4) is 0 Å². The molecule has 2 heterocycles. The predicted molar refractivity (Wildman–Crippen MR) is 85.7 cm³/mol. The molecule has 0 aromatic heterocycles. The molecule has 0 radical (unpaired) electrons. The number of carbonyl (C=O) groups excluding carboxylic acids is 1. The second-order valence-electron chi connectivity index (χ2n) is 6.69. The standard InChI is InChI=1S/C17H20ClNO4/c1-17(16(21)22)5-2-6-19(10-17)15(20)12-7-11-8-13(18)3-4-14(11)23-9-12/h3-4,8,12H,2,5-7,9-10H2,1H3,(H,21,22). The van der Waals surface area contributed by atoms with Gasteiger partial charge in [-0.05, 0) is 49.9 Å². The summed E-state index contributed by atoms with van der Waals surface area (Å²) in [5.74, 6) is -0.376. The maximum absolute atomic E-state index is 12.8. The number of hydrogen-bond donors (Lipinski definition) is 1. The van der Waals surface area contributed by atoms with Gasteiger partial charge in [-0.2, -0.15) is 0 Å². The lowest BCUT2D eigenvalue weighted by Gasteiger charge is -2.39. The monoisotopic (exact) mass is 337 g/mol. The fraction of sp³-hybridized carbons (Fsp3) is 0.529. The molecular formula is C17H20ClNO4. The second-order valence-corrected chi connectivity index (χ2v) is 7.13. The van der Waals surface area contributed by atoms with E-state index in [4.69, 9.17) is 16.3 Å². The Hall–Kier alpha value is -1.75. The maximum atomic E-state index is 12.8. The smallest absolute Gasteiger partial charge is 0.311 e. The lowest BCUT2D eigenvalue weighted by Crippen LogP contribution is -2.51. The summed E-state index contributed by atoms with van der Waals surface area (Å²) in [4.78, 5) is 25.9. The number of carboxylic acid groups (broad SMARTS) is 1. The zero-order valence-electron chi connectivity index (χ0n) is 13.0. The van der Waals surface area contributed by atoms with Crippen LogP contribution >= 0.6 is 11.6 Å². The van der Waals surface area contributed by atoms with Crippen LogP contribution in [0, 0.1) is 11.3 Å². The number of carbonyl (C=O) groups is 2. The van der Waals surface area contributed by atoms with Gasteiger partial charge in [0, 0.05) is 18.1 Å². The number of benzene rings is 1. The van der Waals surface area contributed by atoms with E-state index in [0.717, 1.165) is 11.3 Å². The number of fused-ring (bicyclic) bond motifs is 1. The highest BCUT2D eigenvalue weighted by Gasteiger charge is 2.41. The molecule has 2 aliphatic heterocycles. The Bertz CT molecular complexity index is 647. The van der Waals surface area contributed by atoms with E-state index in [-0.39, 0.29) is 18.4 Å². The molecule has 0 saturated carbocycles. The number of ether oxygens (including phenoxy) is 1. The molecule has 1 aromatic rings. The van der Waals surface area contributed by atoms with E-state index in [0.29, 0.717) is 37.4 Å². The molecule has 1 amide bonds. The fourth-order valence-electron chi connectivity index (χ4n) is 3.38. The number of nitrogens with zero attached hydrogens (tertiary/aromatic N) is 1. The summed E-state index contributed by atoms with van der Waals surface area (Å²) < 4.78 is 5.68. The van der Waals surface area contributed by atoms with Crippen molar-refractivity contribution in [3.8, 4) is 5.75 Å². The van der Waals surface area contributed by atoms with Crippen molar-refractivity contribution in [2.24, 2.45) is 11.3 Å². The molecule has 124 valence electrons. The van der Waals surface area contributed by atoms with Gasteiger partial charge in [0.1, 0.15) is 12.4 Å². The number of halogens is 1. The van der Waals surface area contributed by atoms with Crippen molar-refractivity contribution in [3.63, 3.8) is 0 Å². The number of hydrogen-bond acceptors (Lipinski definition) is 3. The van der Waals surface area contributed by atoms with Gasteiger partial charge in [-0.1, -0.05) is 11.6 Å². The van der Waals surface area contributed by atoms with Crippen LogP contribution in [0.15, 0.2) is 18.2 Å². The van der Waals surface area contributed by atoms with E-state index in [1.54, 1.807) is 17.9 Å². The Labute approximate surface area is 140 Å². The van der Waals surface area contributed by atoms with Gasteiger partial charge in [-0.25, -0.2) is 0 Å². The van der Waals surface area contributed by atoms with Gasteiger partial charge in [0.25, 0.3) is 0 Å². The minimum absolute atomic E-state index is 0.0252. The zero-order valence-corrected chi connectivity index (χ0v) is 13.8. The third-order valence-corrected chi connectivity index (χ3v) is 5.04. The van der Waals surface area contributed by atoms with Crippen LogP contribution in [0.25, 0.3) is 0 Å². The first kappa shape index (κ1) is 16.1. The van der Waals surface area contributed by atoms with Crippen molar-refractivity contribution in [1.29, 1.82) is 0 Å². The largest absolute Gasteiger partial charge is 0.492 e. The highest BCUT2D eigenvalue weighted by atomic mass is 35.5. The maximum Gasteiger partial charge on any atom is 0.311 e. The summed E-state index contributed by atoms with van der Waals surface area (Å²) >= 11 is 6.01. The third kappa shape index (κ3) is 3.15. The van der Waals surface area contributed by atoms with Gasteiger partial charge in [0.15, 0.2) is 0 Å². The molecule has 1 saturated heterocycles. The molecular weight excluding hydrogens is 318 g/mol. The van der Waals surface area contributed by atoms with Crippen molar-refractivity contribution in [2.75, 3.05) is 19.7 Å². The molecule has 1 aromatic carbocycles. The predicted octanol–water partition coefficient (Wildman–Crippen LogP) is 2.60. The molecule has 2 unspecified atom stereocenters. The van der Waals surface area contributed by atoms with Gasteiger partial charge in [0.2, 0.25) is 5.91 Å². The first-order chi connectivity index (χ1) is 10.9. The highest BCUT2D eigenvalue weighted by Crippen LogP contribution is 2.33. The average Bonchev–Trinajstić information content (AvgIpc) is 2.53. The Morgan fingerprint density at radius 2 is 2.22 bits per heavy atom. The summed E-state index contributed by atoms with van der Waals surface area (Å²) in [5.41, 5.74) is 0.0742. The van der Waals surface area contributed by atoms with Gasteiger partial charge < -0.3 is 14.7 Å². The molecule has 6 heteroatoms. The summed E-state index contributed by atoms with van der Waals surface area (Å²) in [6.45, 7) is 2.91. The van der Waals surface area contributed by atoms with Crippen LogP contribution in [-0.2, 0) is 16.0 Å². The van der Waals surface area contributed by atoms with Crippen LogP contribution in [0.1, 0.15) is 25.3 Å². The quantitative estimate of drug-likeness (QED) is 0.900. The summed E-state index contributed by atoms with van der Waals surface area (Å²) in [6.07, 6.45) is 1.89. The molecule has 1 fully saturated rings. The Morgan fingerprint density at radius 3 is 2.96 bits per heavy atom. The molecule has 1 N–H and O–H groups in total. The number of amides is 1. The second kappa shape index (κ2) is 6.04. The molecule has 23 heavy (non-hydrogen) atoms. The minimum atomic E-state index is -0.856. The zero-order chi connectivity index (χ0) is 16.6. The molecule has 0 aliphatic carbocycles. The van der Waals surface area contributed by atoms with Crippen LogP contribution in [0.4, 0.5) is 0 Å². The first-order valence-electron chi connectivity index (χ1n) is 7.82. The summed E-state index contributed by atoms with van der Waals surface area (Å²) in [6, 6.07) is 5.42. The van der Waals surface area contributed by atoms with E-state index >= 15 is 0 Å². The number of likely N-dealkylation sites (tertiary alicyclic amines) is 1. The van der Waals surface area contributed by atoms with Gasteiger partial charge in [-0.3, -0.25) is 9.59 Å². The van der Waals surface area contributed by atoms with Crippen LogP contribution < -0.4 is 4.74 Å². The van der Waals surface area contributed by atoms with E-state index in [1.165, 1.54) is 0 Å². The summed E-state index contributed by atoms with van der Waals surface area (Å²) in [5, 5.41) is 10.0. The van der Waals surface area contributed by atoms with Crippen molar-refractivity contribution >= 4 is 23.5 Å². The molecule has 3 rings (SSSR count). The number of aliphatic carboxylic acids is 1. The number of carboxylic acids is 1. The Morgan fingerprint density at radius 1 is 1.43 bits per heavy atom. The van der Waals surface area contributed by atoms with E-state index in [1.807, 2.05) is 12.1 Å². The molecule has 2 aliphatic rings. The normalized spacial score (nSPS) is 27.0.